The van der Waals surface area contributed by atoms with E-state index in [-0.39, 0.29) is 36.5 Å². The monoisotopic (exact) mass is 394 g/mol. The van der Waals surface area contributed by atoms with Gasteiger partial charge in [-0.25, -0.2) is 8.78 Å². The zero-order chi connectivity index (χ0) is 20.2. The summed E-state index contributed by atoms with van der Waals surface area (Å²) in [7, 11) is 0. The number of nitrogens with one attached hydrogen (secondary N) is 1. The Morgan fingerprint density at radius 3 is 2.62 bits per heavy atom. The number of benzene rings is 2. The van der Waals surface area contributed by atoms with E-state index in [4.69, 9.17) is 4.52 Å². The third-order valence-corrected chi connectivity index (χ3v) is 4.32. The number of hydrogen-bond acceptors (Lipinski definition) is 4. The molecule has 1 amide bonds. The lowest BCUT2D eigenvalue weighted by Crippen LogP contribution is -2.27. The normalized spacial score (nSPS) is 10.8. The summed E-state index contributed by atoms with van der Waals surface area (Å²) < 4.78 is 33.7. The lowest BCUT2D eigenvalue weighted by atomic mass is 10.2. The number of halogens is 2. The molecule has 1 N–H and O–H groups in total. The minimum atomic E-state index is -0.367. The molecular formula is C21H16F2N4O2. The van der Waals surface area contributed by atoms with Crippen LogP contribution in [0.15, 0.2) is 71.4 Å². The molecule has 4 rings (SSSR count). The van der Waals surface area contributed by atoms with Crippen LogP contribution in [0.1, 0.15) is 5.56 Å². The van der Waals surface area contributed by atoms with E-state index < -0.39 is 0 Å². The SMILES string of the molecule is O=C(Cn1cccc1-c1nc(-c2ccc(F)cc2)no1)NCc1ccccc1F. The van der Waals surface area contributed by atoms with Gasteiger partial charge in [0.25, 0.3) is 5.89 Å². The van der Waals surface area contributed by atoms with Crippen molar-refractivity contribution in [3.63, 3.8) is 0 Å². The summed E-state index contributed by atoms with van der Waals surface area (Å²) in [5.41, 5.74) is 1.59. The summed E-state index contributed by atoms with van der Waals surface area (Å²) in [5.74, 6) is -0.460. The van der Waals surface area contributed by atoms with Gasteiger partial charge in [0.2, 0.25) is 11.7 Å². The fraction of sp³-hybridized carbons (Fsp3) is 0.0952. The van der Waals surface area contributed by atoms with Gasteiger partial charge in [0.15, 0.2) is 0 Å². The van der Waals surface area contributed by atoms with Crippen LogP contribution >= 0.6 is 0 Å². The first-order valence-electron chi connectivity index (χ1n) is 8.85. The summed E-state index contributed by atoms with van der Waals surface area (Å²) >= 11 is 0. The van der Waals surface area contributed by atoms with Gasteiger partial charge in [-0.1, -0.05) is 23.4 Å². The van der Waals surface area contributed by atoms with Crippen molar-refractivity contribution in [3.05, 3.63) is 84.1 Å². The van der Waals surface area contributed by atoms with Crippen LogP contribution in [-0.4, -0.2) is 20.6 Å². The molecule has 0 radical (unpaired) electrons. The highest BCUT2D eigenvalue weighted by Crippen LogP contribution is 2.23. The molecule has 0 atom stereocenters. The predicted molar refractivity (Wildman–Crippen MR) is 101 cm³/mol. The Bertz CT molecular complexity index is 1140. The van der Waals surface area contributed by atoms with Crippen molar-refractivity contribution in [1.29, 1.82) is 0 Å². The first-order chi connectivity index (χ1) is 14.1. The summed E-state index contributed by atoms with van der Waals surface area (Å²) in [6, 6.07) is 15.5. The minimum Gasteiger partial charge on any atom is -0.350 e. The van der Waals surface area contributed by atoms with E-state index >= 15 is 0 Å². The second-order valence-corrected chi connectivity index (χ2v) is 6.32. The van der Waals surface area contributed by atoms with Crippen molar-refractivity contribution in [2.24, 2.45) is 0 Å². The number of carbonyl (C=O) groups is 1. The molecule has 2 aromatic carbocycles. The number of hydrogen-bond donors (Lipinski definition) is 1. The fourth-order valence-electron chi connectivity index (χ4n) is 2.84. The van der Waals surface area contributed by atoms with E-state index in [1.165, 1.54) is 18.2 Å². The van der Waals surface area contributed by atoms with Gasteiger partial charge < -0.3 is 14.4 Å². The number of rotatable bonds is 6. The molecule has 2 heterocycles. The first-order valence-corrected chi connectivity index (χ1v) is 8.85. The van der Waals surface area contributed by atoms with Crippen LogP contribution in [0.25, 0.3) is 23.0 Å². The highest BCUT2D eigenvalue weighted by atomic mass is 19.1. The zero-order valence-corrected chi connectivity index (χ0v) is 15.2. The Kier molecular flexibility index (Phi) is 5.15. The van der Waals surface area contributed by atoms with Crippen molar-refractivity contribution >= 4 is 5.91 Å². The third-order valence-electron chi connectivity index (χ3n) is 4.32. The van der Waals surface area contributed by atoms with Crippen LogP contribution in [0.2, 0.25) is 0 Å². The Balaban J connectivity index is 1.45. The second-order valence-electron chi connectivity index (χ2n) is 6.32. The highest BCUT2D eigenvalue weighted by Gasteiger charge is 2.15. The van der Waals surface area contributed by atoms with Gasteiger partial charge in [-0.15, -0.1) is 0 Å². The van der Waals surface area contributed by atoms with Crippen molar-refractivity contribution in [2.45, 2.75) is 13.1 Å². The molecule has 0 bridgehead atoms. The van der Waals surface area contributed by atoms with E-state index in [1.807, 2.05) is 0 Å². The Morgan fingerprint density at radius 1 is 1.03 bits per heavy atom. The van der Waals surface area contributed by atoms with Gasteiger partial charge in [-0.05, 0) is 42.5 Å². The Morgan fingerprint density at radius 2 is 1.83 bits per heavy atom. The van der Waals surface area contributed by atoms with E-state index in [0.717, 1.165) is 0 Å². The summed E-state index contributed by atoms with van der Waals surface area (Å²) in [6.45, 7) is 0.0996. The average molecular weight is 394 g/mol. The van der Waals surface area contributed by atoms with Crippen LogP contribution < -0.4 is 5.32 Å². The minimum absolute atomic E-state index is 0.00501. The summed E-state index contributed by atoms with van der Waals surface area (Å²) in [4.78, 5) is 16.6. The summed E-state index contributed by atoms with van der Waals surface area (Å²) in [5, 5.41) is 6.61. The van der Waals surface area contributed by atoms with Crippen molar-refractivity contribution in [3.8, 4) is 23.0 Å². The zero-order valence-electron chi connectivity index (χ0n) is 15.2. The lowest BCUT2D eigenvalue weighted by molar-refractivity contribution is -0.121. The molecular weight excluding hydrogens is 378 g/mol. The highest BCUT2D eigenvalue weighted by molar-refractivity contribution is 5.76. The van der Waals surface area contributed by atoms with E-state index in [2.05, 4.69) is 15.5 Å². The second kappa shape index (κ2) is 8.05. The molecule has 0 aliphatic rings. The van der Waals surface area contributed by atoms with E-state index in [1.54, 1.807) is 53.2 Å². The molecule has 0 aliphatic heterocycles. The molecule has 0 saturated heterocycles. The number of nitrogens with zero attached hydrogens (tertiary/aromatic N) is 3. The maximum absolute atomic E-state index is 13.7. The lowest BCUT2D eigenvalue weighted by Gasteiger charge is -2.08. The quantitative estimate of drug-likeness (QED) is 0.540. The fourth-order valence-corrected chi connectivity index (χ4v) is 2.84. The molecule has 29 heavy (non-hydrogen) atoms. The van der Waals surface area contributed by atoms with E-state index in [0.29, 0.717) is 22.6 Å². The molecule has 6 nitrogen and oxygen atoms in total. The Hall–Kier alpha value is -3.81. The van der Waals surface area contributed by atoms with Gasteiger partial charge >= 0.3 is 0 Å². The van der Waals surface area contributed by atoms with E-state index in [9.17, 15) is 13.6 Å². The van der Waals surface area contributed by atoms with Gasteiger partial charge in [0.1, 0.15) is 23.9 Å². The third kappa shape index (κ3) is 4.21. The van der Waals surface area contributed by atoms with Gasteiger partial charge in [-0.2, -0.15) is 4.98 Å². The maximum Gasteiger partial charge on any atom is 0.274 e. The molecule has 0 saturated carbocycles. The topological polar surface area (TPSA) is 73.0 Å². The average Bonchev–Trinajstić information content (AvgIpc) is 3.37. The summed E-state index contributed by atoms with van der Waals surface area (Å²) in [6.07, 6.45) is 1.71. The maximum atomic E-state index is 13.7. The van der Waals surface area contributed by atoms with Crippen LogP contribution in [0, 0.1) is 11.6 Å². The van der Waals surface area contributed by atoms with Crippen molar-refractivity contribution in [1.82, 2.24) is 20.0 Å². The van der Waals surface area contributed by atoms with Crippen LogP contribution in [0.3, 0.4) is 0 Å². The largest absolute Gasteiger partial charge is 0.350 e. The van der Waals surface area contributed by atoms with Crippen molar-refractivity contribution in [2.75, 3.05) is 0 Å². The molecule has 8 heteroatoms. The predicted octanol–water partition coefficient (Wildman–Crippen LogP) is 3.80. The number of aromatic nitrogens is 3. The molecule has 0 spiro atoms. The van der Waals surface area contributed by atoms with Gasteiger partial charge in [0.05, 0.1) is 0 Å². The molecule has 2 aromatic heterocycles. The molecule has 0 unspecified atom stereocenters. The first kappa shape index (κ1) is 18.5. The van der Waals surface area contributed by atoms with Crippen molar-refractivity contribution < 1.29 is 18.1 Å². The molecule has 0 fully saturated rings. The standard InChI is InChI=1S/C21H16F2N4O2/c22-16-9-7-14(8-10-16)20-25-21(29-26-20)18-6-3-11-27(18)13-19(28)24-12-15-4-1-2-5-17(15)23/h1-11H,12-13H2,(H,24,28). The van der Waals surface area contributed by atoms with Crippen LogP contribution in [-0.2, 0) is 17.9 Å². The van der Waals surface area contributed by atoms with Crippen LogP contribution in [0.5, 0.6) is 0 Å². The van der Waals surface area contributed by atoms with Gasteiger partial charge in [0, 0.05) is 23.9 Å². The van der Waals surface area contributed by atoms with Crippen LogP contribution in [0.4, 0.5) is 8.78 Å². The molecule has 0 aliphatic carbocycles. The van der Waals surface area contributed by atoms with Gasteiger partial charge in [-0.3, -0.25) is 4.79 Å². The number of amides is 1. The number of carbonyl (C=O) groups excluding carboxylic acids is 1. The molecule has 146 valence electrons. The Labute approximate surface area is 164 Å². The smallest absolute Gasteiger partial charge is 0.274 e. The molecule has 4 aromatic rings.